The Bertz CT molecular complexity index is 722. The summed E-state index contributed by atoms with van der Waals surface area (Å²) >= 11 is 0. The van der Waals surface area contributed by atoms with Gasteiger partial charge in [-0.3, -0.25) is 9.69 Å². The molecule has 2 amide bonds. The molecule has 9 heteroatoms. The SMILES string of the molecule is CC(C)(C)OC(=O)NCCN(CCCC(=O)OCc1ccccc1)CCNC(=O)OC(C)(C)C. The molecule has 0 fully saturated rings. The van der Waals surface area contributed by atoms with E-state index in [2.05, 4.69) is 15.5 Å². The maximum atomic E-state index is 12.1. The van der Waals surface area contributed by atoms with Gasteiger partial charge in [0.15, 0.2) is 0 Å². The number of ether oxygens (including phenoxy) is 3. The summed E-state index contributed by atoms with van der Waals surface area (Å²) in [6.07, 6.45) is -0.0953. The van der Waals surface area contributed by atoms with Crippen LogP contribution in [0.15, 0.2) is 30.3 Å². The van der Waals surface area contributed by atoms with Gasteiger partial charge in [-0.1, -0.05) is 30.3 Å². The van der Waals surface area contributed by atoms with E-state index in [1.54, 1.807) is 41.5 Å². The van der Waals surface area contributed by atoms with Gasteiger partial charge in [0.1, 0.15) is 17.8 Å². The van der Waals surface area contributed by atoms with Crippen molar-refractivity contribution in [2.24, 2.45) is 0 Å². The lowest BCUT2D eigenvalue weighted by Crippen LogP contribution is -2.42. The van der Waals surface area contributed by atoms with Crippen molar-refractivity contribution in [3.8, 4) is 0 Å². The first-order valence-electron chi connectivity index (χ1n) is 11.7. The molecule has 34 heavy (non-hydrogen) atoms. The van der Waals surface area contributed by atoms with Crippen LogP contribution in [-0.4, -0.2) is 67.0 Å². The van der Waals surface area contributed by atoms with Gasteiger partial charge in [-0.05, 0) is 60.1 Å². The van der Waals surface area contributed by atoms with Crippen molar-refractivity contribution in [2.75, 3.05) is 32.7 Å². The number of hydrogen-bond acceptors (Lipinski definition) is 7. The minimum absolute atomic E-state index is 0.253. The zero-order valence-corrected chi connectivity index (χ0v) is 21.4. The number of amides is 2. The predicted molar refractivity (Wildman–Crippen MR) is 130 cm³/mol. The fraction of sp³-hybridized carbons (Fsp3) is 0.640. The van der Waals surface area contributed by atoms with Gasteiger partial charge in [0.25, 0.3) is 0 Å². The summed E-state index contributed by atoms with van der Waals surface area (Å²) in [6.45, 7) is 13.5. The number of alkyl carbamates (subject to hydrolysis) is 2. The molecular formula is C25H41N3O6. The number of carbonyl (C=O) groups excluding carboxylic acids is 3. The van der Waals surface area contributed by atoms with E-state index in [9.17, 15) is 14.4 Å². The van der Waals surface area contributed by atoms with E-state index < -0.39 is 23.4 Å². The van der Waals surface area contributed by atoms with Gasteiger partial charge in [0.05, 0.1) is 0 Å². The zero-order valence-electron chi connectivity index (χ0n) is 21.4. The standard InChI is InChI=1S/C25H41N3O6/c1-24(2,3)33-22(30)26-14-17-28(18-15-27-23(31)34-25(4,5)6)16-10-13-21(29)32-19-20-11-8-7-9-12-20/h7-9,11-12H,10,13-19H2,1-6H3,(H,26,30)(H,27,31). The molecule has 0 unspecified atom stereocenters. The second-order valence-electron chi connectivity index (χ2n) is 9.95. The van der Waals surface area contributed by atoms with E-state index in [1.807, 2.05) is 30.3 Å². The summed E-state index contributed by atoms with van der Waals surface area (Å²) in [7, 11) is 0. The summed E-state index contributed by atoms with van der Waals surface area (Å²) in [5.74, 6) is -0.262. The number of hydrogen-bond donors (Lipinski definition) is 2. The van der Waals surface area contributed by atoms with Crippen LogP contribution >= 0.6 is 0 Å². The van der Waals surface area contributed by atoms with Crippen molar-refractivity contribution in [1.82, 2.24) is 15.5 Å². The van der Waals surface area contributed by atoms with Crippen molar-refractivity contribution >= 4 is 18.2 Å². The van der Waals surface area contributed by atoms with Crippen LogP contribution in [0.5, 0.6) is 0 Å². The van der Waals surface area contributed by atoms with Crippen LogP contribution in [0.2, 0.25) is 0 Å². The molecule has 0 aromatic heterocycles. The number of nitrogens with zero attached hydrogens (tertiary/aromatic N) is 1. The average molecular weight is 480 g/mol. The van der Waals surface area contributed by atoms with Crippen molar-refractivity contribution in [1.29, 1.82) is 0 Å². The highest BCUT2D eigenvalue weighted by Crippen LogP contribution is 2.07. The highest BCUT2D eigenvalue weighted by atomic mass is 16.6. The smallest absolute Gasteiger partial charge is 0.407 e. The van der Waals surface area contributed by atoms with E-state index in [1.165, 1.54) is 0 Å². The maximum absolute atomic E-state index is 12.1. The van der Waals surface area contributed by atoms with Crippen LogP contribution in [0.4, 0.5) is 9.59 Å². The number of esters is 1. The van der Waals surface area contributed by atoms with E-state index in [0.29, 0.717) is 39.1 Å². The lowest BCUT2D eigenvalue weighted by atomic mass is 10.2. The van der Waals surface area contributed by atoms with Gasteiger partial charge in [-0.2, -0.15) is 0 Å². The van der Waals surface area contributed by atoms with Gasteiger partial charge in [-0.25, -0.2) is 9.59 Å². The van der Waals surface area contributed by atoms with E-state index in [4.69, 9.17) is 14.2 Å². The zero-order chi connectivity index (χ0) is 25.6. The second kappa shape index (κ2) is 14.5. The van der Waals surface area contributed by atoms with Crippen LogP contribution < -0.4 is 10.6 Å². The van der Waals surface area contributed by atoms with E-state index in [-0.39, 0.29) is 19.0 Å². The average Bonchev–Trinajstić information content (AvgIpc) is 2.70. The Morgan fingerprint density at radius 2 is 1.29 bits per heavy atom. The molecule has 0 aliphatic heterocycles. The van der Waals surface area contributed by atoms with E-state index >= 15 is 0 Å². The molecule has 0 saturated carbocycles. The quantitative estimate of drug-likeness (QED) is 0.346. The van der Waals surface area contributed by atoms with Crippen molar-refractivity contribution in [3.05, 3.63) is 35.9 Å². The molecule has 0 bridgehead atoms. The molecule has 0 radical (unpaired) electrons. The fourth-order valence-corrected chi connectivity index (χ4v) is 2.85. The largest absolute Gasteiger partial charge is 0.461 e. The molecule has 0 atom stereocenters. The molecular weight excluding hydrogens is 438 g/mol. The normalized spacial score (nSPS) is 11.6. The summed E-state index contributed by atoms with van der Waals surface area (Å²) in [4.78, 5) is 37.9. The third kappa shape index (κ3) is 15.9. The Hall–Kier alpha value is -2.81. The molecule has 0 aliphatic carbocycles. The van der Waals surface area contributed by atoms with Crippen LogP contribution in [-0.2, 0) is 25.6 Å². The molecule has 1 aromatic rings. The number of nitrogens with one attached hydrogen (secondary N) is 2. The minimum Gasteiger partial charge on any atom is -0.461 e. The third-order valence-corrected chi connectivity index (χ3v) is 4.29. The maximum Gasteiger partial charge on any atom is 0.407 e. The van der Waals surface area contributed by atoms with Gasteiger partial charge >= 0.3 is 18.2 Å². The molecule has 0 heterocycles. The van der Waals surface area contributed by atoms with Gasteiger partial charge in [0.2, 0.25) is 0 Å². The van der Waals surface area contributed by atoms with Crippen LogP contribution in [0.25, 0.3) is 0 Å². The highest BCUT2D eigenvalue weighted by molar-refractivity contribution is 5.69. The molecule has 0 spiro atoms. The van der Waals surface area contributed by atoms with Crippen molar-refractivity contribution < 1.29 is 28.6 Å². The van der Waals surface area contributed by atoms with Crippen LogP contribution in [0.3, 0.4) is 0 Å². The molecule has 9 nitrogen and oxygen atoms in total. The number of rotatable bonds is 12. The lowest BCUT2D eigenvalue weighted by Gasteiger charge is -2.24. The molecule has 1 rings (SSSR count). The summed E-state index contributed by atoms with van der Waals surface area (Å²) in [6, 6.07) is 9.53. The topological polar surface area (TPSA) is 106 Å². The molecule has 0 saturated heterocycles. The molecule has 0 aliphatic rings. The van der Waals surface area contributed by atoms with Gasteiger partial charge < -0.3 is 24.8 Å². The Labute approximate surface area is 203 Å². The summed E-state index contributed by atoms with van der Waals surface area (Å²) in [5.41, 5.74) is -0.193. The van der Waals surface area contributed by atoms with Crippen molar-refractivity contribution in [3.63, 3.8) is 0 Å². The Morgan fingerprint density at radius 3 is 1.76 bits per heavy atom. The number of benzene rings is 1. The molecule has 2 N–H and O–H groups in total. The third-order valence-electron chi connectivity index (χ3n) is 4.29. The fourth-order valence-electron chi connectivity index (χ4n) is 2.85. The van der Waals surface area contributed by atoms with Crippen LogP contribution in [0, 0.1) is 0 Å². The first kappa shape index (κ1) is 29.2. The first-order chi connectivity index (χ1) is 15.8. The van der Waals surface area contributed by atoms with Crippen molar-refractivity contribution in [2.45, 2.75) is 72.2 Å². The molecule has 192 valence electrons. The summed E-state index contributed by atoms with van der Waals surface area (Å²) < 4.78 is 15.8. The second-order valence-corrected chi connectivity index (χ2v) is 9.95. The lowest BCUT2D eigenvalue weighted by molar-refractivity contribution is -0.145. The molecule has 1 aromatic carbocycles. The predicted octanol–water partition coefficient (Wildman–Crippen LogP) is 3.86. The minimum atomic E-state index is -0.568. The Kier molecular flexibility index (Phi) is 12.4. The first-order valence-corrected chi connectivity index (χ1v) is 11.7. The monoisotopic (exact) mass is 479 g/mol. The highest BCUT2D eigenvalue weighted by Gasteiger charge is 2.17. The number of carbonyl (C=O) groups is 3. The Balaban J connectivity index is 2.44. The summed E-state index contributed by atoms with van der Waals surface area (Å²) in [5, 5.41) is 5.46. The van der Waals surface area contributed by atoms with Crippen LogP contribution in [0.1, 0.15) is 59.9 Å². The Morgan fingerprint density at radius 1 is 0.794 bits per heavy atom. The van der Waals surface area contributed by atoms with E-state index in [0.717, 1.165) is 5.56 Å². The van der Waals surface area contributed by atoms with Gasteiger partial charge in [0, 0.05) is 32.6 Å². The van der Waals surface area contributed by atoms with Gasteiger partial charge in [-0.15, -0.1) is 0 Å².